The zero-order valence-corrected chi connectivity index (χ0v) is 6.28. The second-order valence-corrected chi connectivity index (χ2v) is 1.95. The number of nitrogens with one attached hydrogen (secondary N) is 2. The Labute approximate surface area is 68.3 Å². The van der Waals surface area contributed by atoms with Crippen molar-refractivity contribution in [2.24, 2.45) is 5.73 Å². The average molecular weight is 171 g/mol. The molecule has 0 aliphatic carbocycles. The van der Waals surface area contributed by atoms with Crippen LogP contribution >= 0.6 is 0 Å². The number of nitrogens with zero attached hydrogens (tertiary/aromatic N) is 2. The lowest BCUT2D eigenvalue weighted by atomic mass is 10.6. The van der Waals surface area contributed by atoms with Crippen molar-refractivity contribution in [1.29, 1.82) is 0 Å². The van der Waals surface area contributed by atoms with Crippen molar-refractivity contribution in [2.75, 3.05) is 18.4 Å². The van der Waals surface area contributed by atoms with Gasteiger partial charge in [0.25, 0.3) is 5.88 Å². The maximum absolute atomic E-state index is 10.9. The van der Waals surface area contributed by atoms with E-state index in [9.17, 15) is 4.79 Å². The van der Waals surface area contributed by atoms with Gasteiger partial charge in [0.05, 0.1) is 0 Å². The van der Waals surface area contributed by atoms with E-state index in [0.717, 1.165) is 0 Å². The van der Waals surface area contributed by atoms with Gasteiger partial charge in [-0.25, -0.2) is 4.79 Å². The summed E-state index contributed by atoms with van der Waals surface area (Å²) < 4.78 is 4.52. The highest BCUT2D eigenvalue weighted by atomic mass is 16.5. The lowest BCUT2D eigenvalue weighted by Gasteiger charge is -2.01. The molecule has 0 fully saturated rings. The molecule has 0 aliphatic rings. The molecule has 0 atom stereocenters. The number of rotatable bonds is 3. The molecule has 0 saturated carbocycles. The van der Waals surface area contributed by atoms with Gasteiger partial charge in [0, 0.05) is 18.4 Å². The number of carbonyl (C=O) groups excluding carboxylic acids is 1. The number of anilines is 1. The minimum absolute atomic E-state index is 0.199. The van der Waals surface area contributed by atoms with Crippen LogP contribution in [0.25, 0.3) is 0 Å². The van der Waals surface area contributed by atoms with E-state index in [1.165, 1.54) is 6.20 Å². The minimum Gasteiger partial charge on any atom is -0.337 e. The molecule has 0 saturated heterocycles. The molecule has 0 spiro atoms. The normalized spacial score (nSPS) is 9.42. The van der Waals surface area contributed by atoms with Gasteiger partial charge < -0.3 is 15.6 Å². The standard InChI is InChI=1S/C5H9N5O2/c6-1-2-7-5(11)9-4-3-8-10-12-4/h3H,1-2,6H2,(H2,7,9,11). The predicted octanol–water partition coefficient (Wildman–Crippen LogP) is -0.850. The summed E-state index contributed by atoms with van der Waals surface area (Å²) in [4.78, 5) is 10.9. The van der Waals surface area contributed by atoms with Crippen molar-refractivity contribution in [1.82, 2.24) is 15.7 Å². The van der Waals surface area contributed by atoms with Crippen LogP contribution in [-0.2, 0) is 0 Å². The number of aromatic nitrogens is 2. The molecule has 1 heterocycles. The molecule has 12 heavy (non-hydrogen) atoms. The first-order valence-electron chi connectivity index (χ1n) is 3.35. The lowest BCUT2D eigenvalue weighted by molar-refractivity contribution is 0.251. The first-order chi connectivity index (χ1) is 5.83. The van der Waals surface area contributed by atoms with Gasteiger partial charge in [-0.2, -0.15) is 0 Å². The van der Waals surface area contributed by atoms with Gasteiger partial charge in [-0.3, -0.25) is 5.32 Å². The third-order valence-corrected chi connectivity index (χ3v) is 1.03. The van der Waals surface area contributed by atoms with E-state index >= 15 is 0 Å². The van der Waals surface area contributed by atoms with Crippen LogP contribution in [0, 0.1) is 0 Å². The molecule has 1 rings (SSSR count). The molecule has 1 aromatic rings. The number of nitrogens with two attached hydrogens (primary N) is 1. The molecular formula is C5H9N5O2. The summed E-state index contributed by atoms with van der Waals surface area (Å²) in [5, 5.41) is 11.4. The van der Waals surface area contributed by atoms with Gasteiger partial charge in [0.1, 0.15) is 6.20 Å². The molecule has 0 aromatic carbocycles. The Balaban J connectivity index is 2.27. The Kier molecular flexibility index (Phi) is 3.03. The van der Waals surface area contributed by atoms with Gasteiger partial charge in [-0.1, -0.05) is 0 Å². The van der Waals surface area contributed by atoms with E-state index in [4.69, 9.17) is 5.73 Å². The van der Waals surface area contributed by atoms with Crippen molar-refractivity contribution >= 4 is 11.9 Å². The monoisotopic (exact) mass is 171 g/mol. The number of hydrogen-bond acceptors (Lipinski definition) is 5. The lowest BCUT2D eigenvalue weighted by Crippen LogP contribution is -2.32. The van der Waals surface area contributed by atoms with Crippen molar-refractivity contribution in [2.45, 2.75) is 0 Å². The Hall–Kier alpha value is -1.63. The van der Waals surface area contributed by atoms with Crippen molar-refractivity contribution in [3.63, 3.8) is 0 Å². The van der Waals surface area contributed by atoms with Gasteiger partial charge >= 0.3 is 6.03 Å². The molecule has 1 aromatic heterocycles. The number of urea groups is 1. The van der Waals surface area contributed by atoms with Crippen LogP contribution in [0.3, 0.4) is 0 Å². The molecule has 0 aliphatic heterocycles. The summed E-state index contributed by atoms with van der Waals surface area (Å²) >= 11 is 0. The highest BCUT2D eigenvalue weighted by Crippen LogP contribution is 1.99. The first kappa shape index (κ1) is 8.47. The van der Waals surface area contributed by atoms with E-state index in [1.807, 2.05) is 0 Å². The fourth-order valence-corrected chi connectivity index (χ4v) is 0.564. The fraction of sp³-hybridized carbons (Fsp3) is 0.400. The molecule has 66 valence electrons. The number of carbonyl (C=O) groups is 1. The van der Waals surface area contributed by atoms with Crippen LogP contribution in [0.5, 0.6) is 0 Å². The smallest absolute Gasteiger partial charge is 0.321 e. The maximum atomic E-state index is 10.9. The van der Waals surface area contributed by atoms with E-state index in [1.54, 1.807) is 0 Å². The molecule has 0 bridgehead atoms. The largest absolute Gasteiger partial charge is 0.337 e. The Morgan fingerprint density at radius 3 is 3.17 bits per heavy atom. The van der Waals surface area contributed by atoms with Crippen molar-refractivity contribution < 1.29 is 9.32 Å². The average Bonchev–Trinajstić information content (AvgIpc) is 2.53. The van der Waals surface area contributed by atoms with Gasteiger partial charge in [0.2, 0.25) is 0 Å². The van der Waals surface area contributed by atoms with Crippen LogP contribution in [0.15, 0.2) is 10.7 Å². The van der Waals surface area contributed by atoms with Crippen molar-refractivity contribution in [3.8, 4) is 0 Å². The third-order valence-electron chi connectivity index (χ3n) is 1.03. The topological polar surface area (TPSA) is 106 Å². The molecule has 2 amide bonds. The minimum atomic E-state index is -0.390. The van der Waals surface area contributed by atoms with Crippen LogP contribution < -0.4 is 16.4 Å². The van der Waals surface area contributed by atoms with Gasteiger partial charge in [-0.15, -0.1) is 5.10 Å². The van der Waals surface area contributed by atoms with Crippen LogP contribution in [0.1, 0.15) is 0 Å². The zero-order chi connectivity index (χ0) is 8.81. The molecule has 7 nitrogen and oxygen atoms in total. The highest BCUT2D eigenvalue weighted by Gasteiger charge is 2.02. The summed E-state index contributed by atoms with van der Waals surface area (Å²) in [7, 11) is 0. The first-order valence-corrected chi connectivity index (χ1v) is 3.35. The van der Waals surface area contributed by atoms with Crippen molar-refractivity contribution in [3.05, 3.63) is 6.20 Å². The molecule has 4 N–H and O–H groups in total. The van der Waals surface area contributed by atoms with Gasteiger partial charge in [0.15, 0.2) is 0 Å². The summed E-state index contributed by atoms with van der Waals surface area (Å²) in [5.41, 5.74) is 5.16. The summed E-state index contributed by atoms with van der Waals surface area (Å²) in [6.07, 6.45) is 1.29. The second-order valence-electron chi connectivity index (χ2n) is 1.95. The van der Waals surface area contributed by atoms with Crippen LogP contribution in [0.2, 0.25) is 0 Å². The SMILES string of the molecule is NCCNC(=O)Nc1cnno1. The number of amides is 2. The Morgan fingerprint density at radius 2 is 2.58 bits per heavy atom. The maximum Gasteiger partial charge on any atom is 0.321 e. The number of hydrogen-bond donors (Lipinski definition) is 3. The summed E-state index contributed by atoms with van der Waals surface area (Å²) in [6, 6.07) is -0.390. The fourth-order valence-electron chi connectivity index (χ4n) is 0.564. The Morgan fingerprint density at radius 1 is 1.75 bits per heavy atom. The van der Waals surface area contributed by atoms with E-state index < -0.39 is 0 Å². The van der Waals surface area contributed by atoms with Crippen LogP contribution in [-0.4, -0.2) is 29.5 Å². The predicted molar refractivity (Wildman–Crippen MR) is 40.4 cm³/mol. The van der Waals surface area contributed by atoms with E-state index in [0.29, 0.717) is 13.1 Å². The molecular weight excluding hydrogens is 162 g/mol. The third kappa shape index (κ3) is 2.54. The summed E-state index contributed by atoms with van der Waals surface area (Å²) in [6.45, 7) is 0.801. The Bertz CT molecular complexity index is 234. The van der Waals surface area contributed by atoms with Crippen LogP contribution in [0.4, 0.5) is 10.7 Å². The van der Waals surface area contributed by atoms with E-state index in [2.05, 4.69) is 25.5 Å². The zero-order valence-electron chi connectivity index (χ0n) is 6.28. The molecule has 7 heteroatoms. The second kappa shape index (κ2) is 4.29. The highest BCUT2D eigenvalue weighted by molar-refractivity contribution is 5.87. The van der Waals surface area contributed by atoms with Gasteiger partial charge in [-0.05, 0) is 0 Å². The van der Waals surface area contributed by atoms with E-state index in [-0.39, 0.29) is 11.9 Å². The molecule has 0 radical (unpaired) electrons. The quantitative estimate of drug-likeness (QED) is 0.549. The summed E-state index contributed by atoms with van der Waals surface area (Å²) in [5.74, 6) is 0.199. The molecule has 0 unspecified atom stereocenters.